The van der Waals surface area contributed by atoms with Crippen molar-refractivity contribution >= 4 is 5.96 Å². The highest BCUT2D eigenvalue weighted by Crippen LogP contribution is 2.17. The fourth-order valence-corrected chi connectivity index (χ4v) is 2.63. The van der Waals surface area contributed by atoms with Gasteiger partial charge in [0.25, 0.3) is 0 Å². The second kappa shape index (κ2) is 7.13. The van der Waals surface area contributed by atoms with Gasteiger partial charge in [0.2, 0.25) is 0 Å². The Balaban J connectivity index is 2.38. The van der Waals surface area contributed by atoms with Crippen molar-refractivity contribution in [3.05, 3.63) is 0 Å². The predicted octanol–water partition coefficient (Wildman–Crippen LogP) is 2.06. The van der Waals surface area contributed by atoms with Crippen LogP contribution in [-0.4, -0.2) is 42.6 Å². The number of aliphatic imine (C=N–C) groups is 1. The maximum absolute atomic E-state index is 5.92. The fraction of sp³-hybridized carbons (Fsp3) is 0.933. The van der Waals surface area contributed by atoms with Gasteiger partial charge in [-0.05, 0) is 52.0 Å². The number of nitrogens with zero attached hydrogens (tertiary/aromatic N) is 2. The zero-order chi connectivity index (χ0) is 14.5. The van der Waals surface area contributed by atoms with E-state index < -0.39 is 0 Å². The van der Waals surface area contributed by atoms with Crippen LogP contribution in [0.5, 0.6) is 0 Å². The molecule has 4 heteroatoms. The van der Waals surface area contributed by atoms with Crippen LogP contribution in [0.2, 0.25) is 0 Å². The first-order chi connectivity index (χ1) is 8.76. The molecule has 0 amide bonds. The molecule has 1 fully saturated rings. The molecule has 0 saturated carbocycles. The largest absolute Gasteiger partial charge is 0.370 e. The van der Waals surface area contributed by atoms with Crippen molar-refractivity contribution in [1.82, 2.24) is 10.2 Å². The van der Waals surface area contributed by atoms with E-state index in [2.05, 4.69) is 49.8 Å². The molecule has 0 radical (unpaired) electrons. The van der Waals surface area contributed by atoms with Crippen LogP contribution >= 0.6 is 0 Å². The average Bonchev–Trinajstić information content (AvgIpc) is 2.23. The second-order valence-corrected chi connectivity index (χ2v) is 7.26. The fourth-order valence-electron chi connectivity index (χ4n) is 2.63. The molecule has 112 valence electrons. The van der Waals surface area contributed by atoms with Gasteiger partial charge in [-0.3, -0.25) is 4.99 Å². The third-order valence-corrected chi connectivity index (χ3v) is 3.25. The lowest BCUT2D eigenvalue weighted by Gasteiger charge is -2.33. The lowest BCUT2D eigenvalue weighted by Crippen LogP contribution is -2.45. The minimum Gasteiger partial charge on any atom is -0.370 e. The predicted molar refractivity (Wildman–Crippen MR) is 83.4 cm³/mol. The maximum Gasteiger partial charge on any atom is 0.188 e. The van der Waals surface area contributed by atoms with Crippen LogP contribution in [0.4, 0.5) is 0 Å². The lowest BCUT2D eigenvalue weighted by molar-refractivity contribution is 0.162. The summed E-state index contributed by atoms with van der Waals surface area (Å²) in [6, 6.07) is 0. The molecule has 0 aromatic heterocycles. The highest BCUT2D eigenvalue weighted by atomic mass is 15.1. The number of rotatable bonds is 4. The normalized spacial score (nSPS) is 22.8. The van der Waals surface area contributed by atoms with Crippen molar-refractivity contribution in [2.75, 3.05) is 26.2 Å². The Morgan fingerprint density at radius 1 is 1.42 bits per heavy atom. The molecule has 0 spiro atoms. The van der Waals surface area contributed by atoms with E-state index in [0.29, 0.717) is 11.9 Å². The van der Waals surface area contributed by atoms with E-state index in [-0.39, 0.29) is 5.54 Å². The molecule has 1 aliphatic rings. The smallest absolute Gasteiger partial charge is 0.188 e. The molecule has 0 bridgehead atoms. The van der Waals surface area contributed by atoms with Gasteiger partial charge in [0, 0.05) is 25.2 Å². The van der Waals surface area contributed by atoms with Crippen LogP contribution in [0, 0.1) is 11.8 Å². The first-order valence-corrected chi connectivity index (χ1v) is 7.56. The molecule has 0 aromatic carbocycles. The average molecular weight is 268 g/mol. The molecule has 1 unspecified atom stereocenters. The Morgan fingerprint density at radius 2 is 2.11 bits per heavy atom. The summed E-state index contributed by atoms with van der Waals surface area (Å²) in [6.07, 6.45) is 2.57. The van der Waals surface area contributed by atoms with Gasteiger partial charge >= 0.3 is 0 Å². The Morgan fingerprint density at radius 3 is 2.68 bits per heavy atom. The summed E-state index contributed by atoms with van der Waals surface area (Å²) in [5.41, 5.74) is 5.91. The maximum atomic E-state index is 5.92. The minimum absolute atomic E-state index is 0.0101. The number of hydrogen-bond donors (Lipinski definition) is 2. The van der Waals surface area contributed by atoms with E-state index in [1.807, 2.05) is 0 Å². The quantitative estimate of drug-likeness (QED) is 0.606. The van der Waals surface area contributed by atoms with Crippen LogP contribution in [-0.2, 0) is 0 Å². The third kappa shape index (κ3) is 7.41. The molecule has 4 nitrogen and oxygen atoms in total. The van der Waals surface area contributed by atoms with Gasteiger partial charge in [-0.25, -0.2) is 0 Å². The van der Waals surface area contributed by atoms with Gasteiger partial charge in [-0.15, -0.1) is 0 Å². The Hall–Kier alpha value is -0.770. The van der Waals surface area contributed by atoms with E-state index in [9.17, 15) is 0 Å². The SMILES string of the molecule is CC(C)CN1CCCC(CN=C(N)NC(C)(C)C)C1. The van der Waals surface area contributed by atoms with Crippen molar-refractivity contribution < 1.29 is 0 Å². The minimum atomic E-state index is -0.0101. The molecule has 1 saturated heterocycles. The number of nitrogens with one attached hydrogen (secondary N) is 1. The highest BCUT2D eigenvalue weighted by molar-refractivity contribution is 5.78. The second-order valence-electron chi connectivity index (χ2n) is 7.26. The molecule has 1 aliphatic heterocycles. The summed E-state index contributed by atoms with van der Waals surface area (Å²) < 4.78 is 0. The standard InChI is InChI=1S/C15H32N4/c1-12(2)10-19-8-6-7-13(11-19)9-17-14(16)18-15(3,4)5/h12-13H,6-11H2,1-5H3,(H3,16,17,18). The van der Waals surface area contributed by atoms with Gasteiger partial charge < -0.3 is 16.0 Å². The van der Waals surface area contributed by atoms with E-state index in [4.69, 9.17) is 5.73 Å². The van der Waals surface area contributed by atoms with Crippen LogP contribution in [0.15, 0.2) is 4.99 Å². The molecule has 1 heterocycles. The number of hydrogen-bond acceptors (Lipinski definition) is 2. The zero-order valence-corrected chi connectivity index (χ0v) is 13.4. The molecule has 19 heavy (non-hydrogen) atoms. The molecular weight excluding hydrogens is 236 g/mol. The van der Waals surface area contributed by atoms with Crippen molar-refractivity contribution in [2.24, 2.45) is 22.6 Å². The van der Waals surface area contributed by atoms with Crippen molar-refractivity contribution in [3.8, 4) is 0 Å². The zero-order valence-electron chi connectivity index (χ0n) is 13.4. The monoisotopic (exact) mass is 268 g/mol. The summed E-state index contributed by atoms with van der Waals surface area (Å²) in [5, 5.41) is 3.22. The van der Waals surface area contributed by atoms with Crippen LogP contribution < -0.4 is 11.1 Å². The van der Waals surface area contributed by atoms with Gasteiger partial charge in [0.15, 0.2) is 5.96 Å². The summed E-state index contributed by atoms with van der Waals surface area (Å²) in [7, 11) is 0. The number of guanidine groups is 1. The third-order valence-electron chi connectivity index (χ3n) is 3.25. The van der Waals surface area contributed by atoms with Crippen molar-refractivity contribution in [1.29, 1.82) is 0 Å². The lowest BCUT2D eigenvalue weighted by atomic mass is 9.97. The van der Waals surface area contributed by atoms with Crippen molar-refractivity contribution in [3.63, 3.8) is 0 Å². The Labute approximate surface area is 118 Å². The molecule has 0 aromatic rings. The van der Waals surface area contributed by atoms with Crippen LogP contribution in [0.3, 0.4) is 0 Å². The van der Waals surface area contributed by atoms with Gasteiger partial charge in [-0.1, -0.05) is 13.8 Å². The topological polar surface area (TPSA) is 53.6 Å². The summed E-state index contributed by atoms with van der Waals surface area (Å²) in [5.74, 6) is 1.98. The Kier molecular flexibility index (Phi) is 6.11. The number of likely N-dealkylation sites (tertiary alicyclic amines) is 1. The molecule has 0 aliphatic carbocycles. The number of nitrogens with two attached hydrogens (primary N) is 1. The Bertz CT molecular complexity index is 291. The molecule has 1 rings (SSSR count). The van der Waals surface area contributed by atoms with Crippen LogP contribution in [0.25, 0.3) is 0 Å². The summed E-state index contributed by atoms with van der Waals surface area (Å²) >= 11 is 0. The summed E-state index contributed by atoms with van der Waals surface area (Å²) in [4.78, 5) is 7.07. The number of piperidine rings is 1. The molecule has 1 atom stereocenters. The van der Waals surface area contributed by atoms with Crippen LogP contribution in [0.1, 0.15) is 47.5 Å². The molecular formula is C15H32N4. The first-order valence-electron chi connectivity index (χ1n) is 7.56. The van der Waals surface area contributed by atoms with Gasteiger partial charge in [0.1, 0.15) is 0 Å². The summed E-state index contributed by atoms with van der Waals surface area (Å²) in [6.45, 7) is 15.3. The van der Waals surface area contributed by atoms with Crippen molar-refractivity contribution in [2.45, 2.75) is 53.0 Å². The first kappa shape index (κ1) is 16.3. The van der Waals surface area contributed by atoms with Gasteiger partial charge in [-0.2, -0.15) is 0 Å². The van der Waals surface area contributed by atoms with E-state index in [1.54, 1.807) is 0 Å². The van der Waals surface area contributed by atoms with E-state index >= 15 is 0 Å². The van der Waals surface area contributed by atoms with E-state index in [1.165, 1.54) is 32.5 Å². The molecule has 3 N–H and O–H groups in total. The van der Waals surface area contributed by atoms with Gasteiger partial charge in [0.05, 0.1) is 0 Å². The van der Waals surface area contributed by atoms with E-state index in [0.717, 1.165) is 12.5 Å². The highest BCUT2D eigenvalue weighted by Gasteiger charge is 2.20.